The first-order valence-corrected chi connectivity index (χ1v) is 13.1. The lowest BCUT2D eigenvalue weighted by molar-refractivity contribution is 0.232. The lowest BCUT2D eigenvalue weighted by atomic mass is 10.1. The Balaban J connectivity index is 0.000000671. The van der Waals surface area contributed by atoms with Crippen molar-refractivity contribution in [3.05, 3.63) is 57.6 Å². The molecular weight excluding hydrogens is 560 g/mol. The van der Waals surface area contributed by atoms with Crippen molar-refractivity contribution in [2.75, 3.05) is 13.2 Å². The van der Waals surface area contributed by atoms with Crippen LogP contribution in [0.25, 0.3) is 0 Å². The van der Waals surface area contributed by atoms with Gasteiger partial charge in [0.1, 0.15) is 24.7 Å². The summed E-state index contributed by atoms with van der Waals surface area (Å²) in [5, 5.41) is 30.9. The third-order valence-corrected chi connectivity index (χ3v) is 4.54. The lowest BCUT2D eigenvalue weighted by Crippen LogP contribution is -2.27. The number of hydrogen-bond donors (Lipinski definition) is 8. The van der Waals surface area contributed by atoms with Gasteiger partial charge in [-0.2, -0.15) is 18.6 Å². The van der Waals surface area contributed by atoms with Crippen molar-refractivity contribution >= 4 is 34.7 Å². The van der Waals surface area contributed by atoms with Crippen LogP contribution in [0.1, 0.15) is 33.4 Å². The summed E-state index contributed by atoms with van der Waals surface area (Å²) < 4.78 is 42.8. The van der Waals surface area contributed by atoms with Crippen LogP contribution in [0.15, 0.2) is 44.7 Å². The molecule has 41 heavy (non-hydrogen) atoms. The molecule has 0 aliphatic carbocycles. The van der Waals surface area contributed by atoms with Crippen molar-refractivity contribution in [2.24, 2.45) is 31.9 Å². The van der Waals surface area contributed by atoms with E-state index < -0.39 is 10.4 Å². The number of guanidine groups is 2. The molecule has 17 heteroatoms. The van der Waals surface area contributed by atoms with E-state index in [1.54, 1.807) is 11.0 Å². The third kappa shape index (κ3) is 17.8. The molecule has 0 saturated heterocycles. The van der Waals surface area contributed by atoms with Crippen molar-refractivity contribution in [1.29, 1.82) is 0 Å². The smallest absolute Gasteiger partial charge is 0.394 e. The van der Waals surface area contributed by atoms with Crippen molar-refractivity contribution in [3.63, 3.8) is 0 Å². The summed E-state index contributed by atoms with van der Waals surface area (Å²) in [6.07, 6.45) is 2.92. The Morgan fingerprint density at radius 1 is 0.732 bits per heavy atom. The number of benzene rings is 2. The Kier molecular flexibility index (Phi) is 16.9. The normalized spacial score (nSPS) is 11.9. The Labute approximate surface area is 239 Å². The van der Waals surface area contributed by atoms with Crippen LogP contribution in [0.5, 0.6) is 11.5 Å². The summed E-state index contributed by atoms with van der Waals surface area (Å²) in [4.78, 5) is 0. The Morgan fingerprint density at radius 2 is 1.00 bits per heavy atom. The highest BCUT2D eigenvalue weighted by atomic mass is 32.3. The van der Waals surface area contributed by atoms with E-state index in [0.717, 1.165) is 33.8 Å². The molecule has 2 aromatic carbocycles. The summed E-state index contributed by atoms with van der Waals surface area (Å²) >= 11 is 0. The maximum atomic E-state index is 8.74. The average Bonchev–Trinajstić information content (AvgIpc) is 2.85. The Morgan fingerprint density at radius 3 is 1.24 bits per heavy atom. The van der Waals surface area contributed by atoms with E-state index in [1.807, 2.05) is 41.5 Å². The van der Waals surface area contributed by atoms with Gasteiger partial charge in [0.15, 0.2) is 0 Å². The molecule has 16 nitrogen and oxygen atoms in total. The third-order valence-electron chi connectivity index (χ3n) is 4.54. The lowest BCUT2D eigenvalue weighted by Gasteiger charge is -2.11. The number of hydrogen-bond acceptors (Lipinski definition) is 10. The molecule has 0 aliphatic rings. The predicted octanol–water partition coefficient (Wildman–Crippen LogP) is 1.89. The van der Waals surface area contributed by atoms with Crippen LogP contribution in [0.3, 0.4) is 0 Å². The highest BCUT2D eigenvalue weighted by Gasteiger charge is 2.05. The van der Waals surface area contributed by atoms with Crippen molar-refractivity contribution in [1.82, 2.24) is 11.0 Å². The zero-order valence-corrected chi connectivity index (χ0v) is 24.5. The van der Waals surface area contributed by atoms with Gasteiger partial charge in [-0.3, -0.25) is 19.5 Å². The van der Waals surface area contributed by atoms with Gasteiger partial charge in [0.05, 0.1) is 12.4 Å². The molecule has 0 atom stereocenters. The summed E-state index contributed by atoms with van der Waals surface area (Å²) in [6.45, 7) is 12.7. The SMILES string of the molecule is Cc1cc(C)c(OC/C=N/N=C(\N)NO)c(C)c1.Cc1cc(C)c(OC/C=N/N=C(\N)NO)c(C)c1.O=S(=O)(O)O. The van der Waals surface area contributed by atoms with Gasteiger partial charge in [-0.1, -0.05) is 35.4 Å². The molecule has 0 aromatic heterocycles. The van der Waals surface area contributed by atoms with Gasteiger partial charge in [-0.25, -0.2) is 11.0 Å². The molecule has 0 amide bonds. The molecule has 0 fully saturated rings. The van der Waals surface area contributed by atoms with Gasteiger partial charge in [0, 0.05) is 0 Å². The molecule has 0 bridgehead atoms. The van der Waals surface area contributed by atoms with Crippen molar-refractivity contribution in [3.8, 4) is 11.5 Å². The minimum atomic E-state index is -4.67. The zero-order valence-electron chi connectivity index (χ0n) is 23.7. The van der Waals surface area contributed by atoms with Crippen LogP contribution in [-0.2, 0) is 10.4 Å². The zero-order chi connectivity index (χ0) is 31.6. The minimum absolute atomic E-state index is 0.172. The minimum Gasteiger partial charge on any atom is -0.487 e. The molecular formula is C24H38N8O8S. The number of rotatable bonds is 8. The van der Waals surface area contributed by atoms with Crippen LogP contribution in [0.2, 0.25) is 0 Å². The second-order valence-corrected chi connectivity index (χ2v) is 9.21. The fraction of sp³-hybridized carbons (Fsp3) is 0.333. The average molecular weight is 599 g/mol. The van der Waals surface area contributed by atoms with E-state index in [-0.39, 0.29) is 25.1 Å². The summed E-state index contributed by atoms with van der Waals surface area (Å²) in [5.74, 6) is 1.36. The molecule has 228 valence electrons. The van der Waals surface area contributed by atoms with Crippen LogP contribution < -0.4 is 31.9 Å². The van der Waals surface area contributed by atoms with Crippen LogP contribution in [-0.4, -0.2) is 65.5 Å². The quantitative estimate of drug-likeness (QED) is 0.0937. The molecule has 0 heterocycles. The molecule has 0 saturated carbocycles. The van der Waals surface area contributed by atoms with Crippen LogP contribution in [0.4, 0.5) is 0 Å². The second-order valence-electron chi connectivity index (χ2n) is 8.32. The monoisotopic (exact) mass is 598 g/mol. The number of nitrogens with two attached hydrogens (primary N) is 2. The van der Waals surface area contributed by atoms with Crippen molar-refractivity contribution in [2.45, 2.75) is 41.5 Å². The first kappa shape index (κ1) is 36.7. The predicted molar refractivity (Wildman–Crippen MR) is 157 cm³/mol. The molecule has 0 spiro atoms. The van der Waals surface area contributed by atoms with Crippen molar-refractivity contribution < 1.29 is 37.4 Å². The fourth-order valence-corrected chi connectivity index (χ4v) is 3.35. The first-order valence-electron chi connectivity index (χ1n) is 11.7. The number of ether oxygens (including phenoxy) is 2. The van der Waals surface area contributed by atoms with Crippen LogP contribution >= 0.6 is 0 Å². The Bertz CT molecular complexity index is 1200. The molecule has 0 radical (unpaired) electrons. The highest BCUT2D eigenvalue weighted by molar-refractivity contribution is 7.79. The topological polar surface area (TPSA) is 259 Å². The highest BCUT2D eigenvalue weighted by Crippen LogP contribution is 2.25. The van der Waals surface area contributed by atoms with Gasteiger partial charge < -0.3 is 20.9 Å². The van der Waals surface area contributed by atoms with Crippen LogP contribution in [0, 0.1) is 41.5 Å². The first-order chi connectivity index (χ1) is 19.1. The van der Waals surface area contributed by atoms with E-state index in [2.05, 4.69) is 44.7 Å². The number of nitrogens with one attached hydrogen (secondary N) is 2. The number of nitrogens with zero attached hydrogens (tertiary/aromatic N) is 4. The van der Waals surface area contributed by atoms with E-state index in [4.69, 9.17) is 48.9 Å². The molecule has 2 aromatic rings. The second kappa shape index (κ2) is 18.9. The van der Waals surface area contributed by atoms with E-state index in [9.17, 15) is 0 Å². The molecule has 2 rings (SSSR count). The largest absolute Gasteiger partial charge is 0.487 e. The Hall–Kier alpha value is -4.29. The molecule has 0 aliphatic heterocycles. The molecule has 0 unspecified atom stereocenters. The maximum absolute atomic E-state index is 8.74. The van der Waals surface area contributed by atoms with Gasteiger partial charge >= 0.3 is 10.4 Å². The summed E-state index contributed by atoms with van der Waals surface area (Å²) in [7, 11) is -4.67. The summed E-state index contributed by atoms with van der Waals surface area (Å²) in [6, 6.07) is 8.24. The van der Waals surface area contributed by atoms with Gasteiger partial charge in [0.25, 0.3) is 0 Å². The summed E-state index contributed by atoms with van der Waals surface area (Å²) in [5.41, 5.74) is 20.4. The van der Waals surface area contributed by atoms with Gasteiger partial charge in [-0.05, 0) is 63.8 Å². The van der Waals surface area contributed by atoms with E-state index in [0.29, 0.717) is 0 Å². The number of hydroxylamine groups is 2. The van der Waals surface area contributed by atoms with Gasteiger partial charge in [0.2, 0.25) is 11.9 Å². The standard InChI is InChI=1S/2C12H18N4O2.H2O4S/c2*1-8-6-9(2)11(10(3)7-8)18-5-4-14-15-12(13)16-17;1-5(2,3)4/h2*4,6-7,17H,5H2,1-3H3,(H3,13,15,16);(H2,1,2,3,4)/b2*14-4+;. The fourth-order valence-electron chi connectivity index (χ4n) is 3.35. The van der Waals surface area contributed by atoms with E-state index in [1.165, 1.54) is 23.6 Å². The van der Waals surface area contributed by atoms with Gasteiger partial charge in [-0.15, -0.1) is 10.2 Å². The van der Waals surface area contributed by atoms with E-state index >= 15 is 0 Å². The molecule has 10 N–H and O–H groups in total. The maximum Gasteiger partial charge on any atom is 0.394 e. The number of aryl methyl sites for hydroxylation is 6.